The number of nitrogens with two attached hydrogens (primary N) is 1. The molecule has 1 aromatic rings. The Labute approximate surface area is 109 Å². The molecular formula is C12H14ClF4N. The van der Waals surface area contributed by atoms with E-state index in [0.717, 1.165) is 12.1 Å². The van der Waals surface area contributed by atoms with Crippen LogP contribution < -0.4 is 5.73 Å². The zero-order valence-corrected chi connectivity index (χ0v) is 10.5. The second kappa shape index (κ2) is 6.20. The van der Waals surface area contributed by atoms with Gasteiger partial charge in [0.25, 0.3) is 0 Å². The maximum atomic E-state index is 13.0. The fraction of sp³-hybridized carbons (Fsp3) is 0.333. The number of hydrogen-bond donors (Lipinski definition) is 1. The van der Waals surface area contributed by atoms with Crippen molar-refractivity contribution in [2.45, 2.75) is 25.6 Å². The highest BCUT2D eigenvalue weighted by Crippen LogP contribution is 2.35. The first-order chi connectivity index (χ1) is 7.71. The van der Waals surface area contributed by atoms with E-state index >= 15 is 0 Å². The lowest BCUT2D eigenvalue weighted by molar-refractivity contribution is -0.138. The van der Waals surface area contributed by atoms with Crippen molar-refractivity contribution in [2.75, 3.05) is 0 Å². The van der Waals surface area contributed by atoms with Crippen LogP contribution in [-0.2, 0) is 6.18 Å². The third kappa shape index (κ3) is 4.31. The average Bonchev–Trinajstić information content (AvgIpc) is 2.14. The van der Waals surface area contributed by atoms with Crippen LogP contribution in [0.15, 0.2) is 30.4 Å². The summed E-state index contributed by atoms with van der Waals surface area (Å²) >= 11 is 0. The number of benzene rings is 1. The van der Waals surface area contributed by atoms with Crippen molar-refractivity contribution in [3.05, 3.63) is 47.3 Å². The Balaban J connectivity index is 0.00000289. The molecule has 18 heavy (non-hydrogen) atoms. The molecule has 0 amide bonds. The van der Waals surface area contributed by atoms with Gasteiger partial charge in [0.1, 0.15) is 5.82 Å². The lowest BCUT2D eigenvalue weighted by Gasteiger charge is -2.18. The van der Waals surface area contributed by atoms with Crippen LogP contribution in [0.3, 0.4) is 0 Å². The lowest BCUT2D eigenvalue weighted by atomic mass is 9.96. The van der Waals surface area contributed by atoms with Crippen molar-refractivity contribution in [2.24, 2.45) is 5.73 Å². The van der Waals surface area contributed by atoms with Crippen LogP contribution in [0.2, 0.25) is 0 Å². The molecule has 0 unspecified atom stereocenters. The van der Waals surface area contributed by atoms with E-state index in [1.54, 1.807) is 6.92 Å². The maximum absolute atomic E-state index is 13.0. The Kier molecular flexibility index (Phi) is 5.83. The molecular weight excluding hydrogens is 270 g/mol. The first kappa shape index (κ1) is 16.9. The summed E-state index contributed by atoms with van der Waals surface area (Å²) in [7, 11) is 0. The minimum Gasteiger partial charge on any atom is -0.324 e. The molecule has 0 saturated carbocycles. The topological polar surface area (TPSA) is 26.0 Å². The highest BCUT2D eigenvalue weighted by molar-refractivity contribution is 5.85. The molecule has 0 saturated heterocycles. The zero-order chi connectivity index (χ0) is 13.2. The van der Waals surface area contributed by atoms with E-state index in [4.69, 9.17) is 5.73 Å². The summed E-state index contributed by atoms with van der Waals surface area (Å²) in [6.45, 7) is 5.24. The van der Waals surface area contributed by atoms with Crippen molar-refractivity contribution in [3.8, 4) is 0 Å². The molecule has 0 bridgehead atoms. The van der Waals surface area contributed by atoms with Crippen molar-refractivity contribution in [1.29, 1.82) is 0 Å². The van der Waals surface area contributed by atoms with Crippen molar-refractivity contribution >= 4 is 12.4 Å². The van der Waals surface area contributed by atoms with Gasteiger partial charge in [-0.05, 0) is 37.1 Å². The molecule has 0 spiro atoms. The first-order valence-electron chi connectivity index (χ1n) is 4.98. The van der Waals surface area contributed by atoms with Gasteiger partial charge in [0.15, 0.2) is 0 Å². The van der Waals surface area contributed by atoms with E-state index in [0.29, 0.717) is 11.6 Å². The van der Waals surface area contributed by atoms with Gasteiger partial charge in [-0.3, -0.25) is 0 Å². The predicted molar refractivity (Wildman–Crippen MR) is 65.0 cm³/mol. The van der Waals surface area contributed by atoms with E-state index in [1.807, 2.05) is 0 Å². The molecule has 0 radical (unpaired) electrons. The monoisotopic (exact) mass is 283 g/mol. The highest BCUT2D eigenvalue weighted by atomic mass is 35.5. The van der Waals surface area contributed by atoms with Crippen LogP contribution in [0.1, 0.15) is 30.5 Å². The van der Waals surface area contributed by atoms with E-state index < -0.39 is 23.6 Å². The number of hydrogen-bond acceptors (Lipinski definition) is 1. The molecule has 1 aromatic carbocycles. The second-order valence-corrected chi connectivity index (χ2v) is 4.00. The Hall–Kier alpha value is -1.07. The van der Waals surface area contributed by atoms with Gasteiger partial charge < -0.3 is 5.73 Å². The number of halogens is 5. The van der Waals surface area contributed by atoms with Crippen LogP contribution in [0, 0.1) is 5.82 Å². The summed E-state index contributed by atoms with van der Waals surface area (Å²) in [5.41, 5.74) is 5.15. The third-order valence-electron chi connectivity index (χ3n) is 2.29. The van der Waals surface area contributed by atoms with E-state index in [2.05, 4.69) is 6.58 Å². The maximum Gasteiger partial charge on any atom is 0.416 e. The Morgan fingerprint density at radius 2 is 1.94 bits per heavy atom. The molecule has 0 fully saturated rings. The number of rotatable bonds is 3. The van der Waals surface area contributed by atoms with Crippen LogP contribution in [-0.4, -0.2) is 0 Å². The SMILES string of the molecule is C=C(C)C[C@H](N)c1cc(F)ccc1C(F)(F)F.Cl. The Bertz CT molecular complexity index is 429. The summed E-state index contributed by atoms with van der Waals surface area (Å²) in [6, 6.07) is 1.42. The first-order valence-corrected chi connectivity index (χ1v) is 4.98. The molecule has 0 aliphatic rings. The smallest absolute Gasteiger partial charge is 0.324 e. The quantitative estimate of drug-likeness (QED) is 0.652. The molecule has 2 N–H and O–H groups in total. The van der Waals surface area contributed by atoms with Gasteiger partial charge in [-0.1, -0.05) is 5.57 Å². The molecule has 1 nitrogen and oxygen atoms in total. The normalized spacial score (nSPS) is 12.8. The number of alkyl halides is 3. The largest absolute Gasteiger partial charge is 0.416 e. The van der Waals surface area contributed by atoms with Crippen LogP contribution >= 0.6 is 12.4 Å². The van der Waals surface area contributed by atoms with Crippen LogP contribution in [0.4, 0.5) is 17.6 Å². The molecule has 0 aliphatic heterocycles. The van der Waals surface area contributed by atoms with Gasteiger partial charge in [0.05, 0.1) is 5.56 Å². The van der Waals surface area contributed by atoms with E-state index in [-0.39, 0.29) is 24.4 Å². The minimum absolute atomic E-state index is 0. The predicted octanol–water partition coefficient (Wildman–Crippen LogP) is 4.23. The fourth-order valence-corrected chi connectivity index (χ4v) is 1.58. The Morgan fingerprint density at radius 1 is 1.39 bits per heavy atom. The van der Waals surface area contributed by atoms with Gasteiger partial charge in [-0.2, -0.15) is 13.2 Å². The Morgan fingerprint density at radius 3 is 2.39 bits per heavy atom. The molecule has 102 valence electrons. The molecule has 1 rings (SSSR count). The average molecular weight is 284 g/mol. The van der Waals surface area contributed by atoms with Crippen LogP contribution in [0.5, 0.6) is 0 Å². The van der Waals surface area contributed by atoms with Gasteiger partial charge in [0, 0.05) is 6.04 Å². The third-order valence-corrected chi connectivity index (χ3v) is 2.29. The molecule has 6 heteroatoms. The van der Waals surface area contributed by atoms with E-state index in [1.165, 1.54) is 0 Å². The zero-order valence-electron chi connectivity index (χ0n) is 9.72. The van der Waals surface area contributed by atoms with Gasteiger partial charge in [0.2, 0.25) is 0 Å². The summed E-state index contributed by atoms with van der Waals surface area (Å²) in [5.74, 6) is -0.731. The molecule has 0 heterocycles. The minimum atomic E-state index is -4.53. The highest BCUT2D eigenvalue weighted by Gasteiger charge is 2.34. The van der Waals surface area contributed by atoms with Gasteiger partial charge in [-0.15, -0.1) is 19.0 Å². The summed E-state index contributed by atoms with van der Waals surface area (Å²) in [5, 5.41) is 0. The van der Waals surface area contributed by atoms with Crippen molar-refractivity contribution < 1.29 is 17.6 Å². The van der Waals surface area contributed by atoms with Crippen molar-refractivity contribution in [3.63, 3.8) is 0 Å². The molecule has 1 atom stereocenters. The summed E-state index contributed by atoms with van der Waals surface area (Å²) < 4.78 is 51.0. The standard InChI is InChI=1S/C12H13F4N.ClH/c1-7(2)5-11(17)9-6-8(13)3-4-10(9)12(14,15)16;/h3-4,6,11H,1,5,17H2,2H3;1H/t11-;/m0./s1. The summed E-state index contributed by atoms with van der Waals surface area (Å²) in [6.07, 6.45) is -4.34. The van der Waals surface area contributed by atoms with E-state index in [9.17, 15) is 17.6 Å². The van der Waals surface area contributed by atoms with Crippen molar-refractivity contribution in [1.82, 2.24) is 0 Å². The fourth-order valence-electron chi connectivity index (χ4n) is 1.58. The van der Waals surface area contributed by atoms with Gasteiger partial charge >= 0.3 is 6.18 Å². The van der Waals surface area contributed by atoms with Gasteiger partial charge in [-0.25, -0.2) is 4.39 Å². The summed E-state index contributed by atoms with van der Waals surface area (Å²) in [4.78, 5) is 0. The molecule has 0 aliphatic carbocycles. The molecule has 0 aromatic heterocycles. The van der Waals surface area contributed by atoms with Crippen LogP contribution in [0.25, 0.3) is 0 Å². The second-order valence-electron chi connectivity index (χ2n) is 4.00. The lowest BCUT2D eigenvalue weighted by Crippen LogP contribution is -2.18.